The predicted molar refractivity (Wildman–Crippen MR) is 151 cm³/mol. The quantitative estimate of drug-likeness (QED) is 0.221. The van der Waals surface area contributed by atoms with E-state index in [9.17, 15) is 9.59 Å². The molecule has 4 N–H and O–H groups in total. The molecule has 0 bridgehead atoms. The van der Waals surface area contributed by atoms with Gasteiger partial charge in [0.1, 0.15) is 24.5 Å². The first-order valence-electron chi connectivity index (χ1n) is 13.0. The van der Waals surface area contributed by atoms with Crippen molar-refractivity contribution in [3.63, 3.8) is 0 Å². The Morgan fingerprint density at radius 2 is 1.50 bits per heavy atom. The van der Waals surface area contributed by atoms with Crippen LogP contribution in [0.3, 0.4) is 0 Å². The minimum absolute atomic E-state index is 0.0349. The van der Waals surface area contributed by atoms with Crippen molar-refractivity contribution in [1.29, 1.82) is 0 Å². The van der Waals surface area contributed by atoms with Crippen LogP contribution >= 0.6 is 0 Å². The summed E-state index contributed by atoms with van der Waals surface area (Å²) in [5, 5.41) is 23.9. The van der Waals surface area contributed by atoms with Crippen molar-refractivity contribution in [3.8, 4) is 16.9 Å². The van der Waals surface area contributed by atoms with E-state index in [1.807, 2.05) is 29.2 Å². The summed E-state index contributed by atoms with van der Waals surface area (Å²) in [5.41, 5.74) is 2.23. The maximum absolute atomic E-state index is 12.4. The number of benzene rings is 2. The third-order valence-corrected chi connectivity index (χ3v) is 5.56. The van der Waals surface area contributed by atoms with Gasteiger partial charge >= 0.3 is 5.97 Å². The molecule has 0 spiro atoms. The fourth-order valence-corrected chi connectivity index (χ4v) is 3.66. The van der Waals surface area contributed by atoms with E-state index in [0.717, 1.165) is 16.8 Å². The Balaban J connectivity index is 1.48. The number of rotatable bonds is 14. The lowest BCUT2D eigenvalue weighted by Crippen LogP contribution is -2.34. The van der Waals surface area contributed by atoms with Crippen LogP contribution in [0.2, 0.25) is 0 Å². The highest BCUT2D eigenvalue weighted by molar-refractivity contribution is 5.96. The molecule has 2 aromatic carbocycles. The molecule has 0 aliphatic heterocycles. The van der Waals surface area contributed by atoms with Crippen molar-refractivity contribution in [1.82, 2.24) is 20.2 Å². The van der Waals surface area contributed by atoms with Gasteiger partial charge in [0, 0.05) is 48.8 Å². The van der Waals surface area contributed by atoms with Crippen molar-refractivity contribution in [2.45, 2.75) is 26.4 Å². The highest BCUT2D eigenvalue weighted by Crippen LogP contribution is 2.21. The molecule has 0 atom stereocenters. The lowest BCUT2D eigenvalue weighted by atomic mass is 10.1. The lowest BCUT2D eigenvalue weighted by molar-refractivity contribution is -0.153. The lowest BCUT2D eigenvalue weighted by Gasteiger charge is -2.20. The van der Waals surface area contributed by atoms with Gasteiger partial charge in [0.25, 0.3) is 5.91 Å². The van der Waals surface area contributed by atoms with E-state index < -0.39 is 11.6 Å². The third kappa shape index (κ3) is 10.3. The molecule has 0 saturated heterocycles. The number of nitrogens with zero attached hydrogens (tertiary/aromatic N) is 3. The number of aromatic nitrogens is 2. The van der Waals surface area contributed by atoms with Gasteiger partial charge in [0.2, 0.25) is 5.95 Å². The van der Waals surface area contributed by atoms with Crippen LogP contribution in [0.15, 0.2) is 60.9 Å². The van der Waals surface area contributed by atoms with Crippen LogP contribution < -0.4 is 15.4 Å². The molecule has 3 aromatic rings. The second kappa shape index (κ2) is 14.9. The summed E-state index contributed by atoms with van der Waals surface area (Å²) in [4.78, 5) is 34.9. The van der Waals surface area contributed by atoms with Gasteiger partial charge in [0.15, 0.2) is 0 Å². The van der Waals surface area contributed by atoms with Crippen molar-refractivity contribution >= 4 is 23.5 Å². The molecule has 0 aliphatic carbocycles. The minimum Gasteiger partial charge on any atom is -0.492 e. The maximum Gasteiger partial charge on any atom is 0.325 e. The minimum atomic E-state index is -0.609. The summed E-state index contributed by atoms with van der Waals surface area (Å²) in [7, 11) is 0. The van der Waals surface area contributed by atoms with E-state index in [2.05, 4.69) is 20.6 Å². The van der Waals surface area contributed by atoms with Gasteiger partial charge in [-0.2, -0.15) is 0 Å². The first-order chi connectivity index (χ1) is 19.2. The Hall–Kier alpha value is -4.06. The summed E-state index contributed by atoms with van der Waals surface area (Å²) in [6.07, 6.45) is 3.38. The number of hydrogen-bond acceptors (Lipinski definition) is 10. The van der Waals surface area contributed by atoms with E-state index in [-0.39, 0.29) is 25.7 Å². The van der Waals surface area contributed by atoms with E-state index in [0.29, 0.717) is 43.5 Å². The molecule has 0 fully saturated rings. The van der Waals surface area contributed by atoms with Crippen LogP contribution in [0, 0.1) is 0 Å². The Morgan fingerprint density at radius 3 is 2.08 bits per heavy atom. The van der Waals surface area contributed by atoms with E-state index in [1.165, 1.54) is 0 Å². The van der Waals surface area contributed by atoms with Crippen LogP contribution in [0.5, 0.6) is 5.75 Å². The van der Waals surface area contributed by atoms with Gasteiger partial charge < -0.3 is 30.3 Å². The Labute approximate surface area is 234 Å². The van der Waals surface area contributed by atoms with Crippen molar-refractivity contribution in [3.05, 3.63) is 66.5 Å². The molecule has 11 nitrogen and oxygen atoms in total. The molecule has 11 heteroatoms. The second-order valence-electron chi connectivity index (χ2n) is 9.93. The summed E-state index contributed by atoms with van der Waals surface area (Å²) < 4.78 is 10.9. The second-order valence-corrected chi connectivity index (χ2v) is 9.93. The monoisotopic (exact) mass is 551 g/mol. The van der Waals surface area contributed by atoms with Gasteiger partial charge in [-0.25, -0.2) is 9.97 Å². The summed E-state index contributed by atoms with van der Waals surface area (Å²) in [6, 6.07) is 14.3. The van der Waals surface area contributed by atoms with Crippen LogP contribution in [-0.4, -0.2) is 88.6 Å². The first kappa shape index (κ1) is 30.5. The van der Waals surface area contributed by atoms with E-state index in [1.54, 1.807) is 57.4 Å². The van der Waals surface area contributed by atoms with E-state index in [4.69, 9.17) is 19.7 Å². The van der Waals surface area contributed by atoms with Crippen molar-refractivity contribution < 1.29 is 29.3 Å². The number of ether oxygens (including phenoxy) is 2. The molecule has 1 amide bonds. The Bertz CT molecular complexity index is 1210. The number of amides is 1. The highest BCUT2D eigenvalue weighted by Gasteiger charge is 2.17. The average Bonchev–Trinajstić information content (AvgIpc) is 2.92. The number of aliphatic hydroxyl groups is 2. The van der Waals surface area contributed by atoms with Gasteiger partial charge in [-0.15, -0.1) is 0 Å². The van der Waals surface area contributed by atoms with Gasteiger partial charge in [-0.3, -0.25) is 14.5 Å². The molecule has 214 valence electrons. The summed E-state index contributed by atoms with van der Waals surface area (Å²) in [5.74, 6) is 0.273. The zero-order chi connectivity index (χ0) is 29.0. The highest BCUT2D eigenvalue weighted by atomic mass is 16.6. The Morgan fingerprint density at radius 1 is 0.875 bits per heavy atom. The molecule has 0 unspecified atom stereocenters. The first-order valence-corrected chi connectivity index (χ1v) is 13.0. The molecular weight excluding hydrogens is 514 g/mol. The van der Waals surface area contributed by atoms with Crippen LogP contribution in [0.1, 0.15) is 31.1 Å². The molecule has 0 aliphatic rings. The number of esters is 1. The van der Waals surface area contributed by atoms with Crippen molar-refractivity contribution in [2.24, 2.45) is 0 Å². The number of carbonyl (C=O) groups excluding carboxylic acids is 2. The van der Waals surface area contributed by atoms with E-state index >= 15 is 0 Å². The van der Waals surface area contributed by atoms with Crippen LogP contribution in [-0.2, 0) is 9.53 Å². The normalized spacial score (nSPS) is 11.2. The molecule has 1 heterocycles. The third-order valence-electron chi connectivity index (χ3n) is 5.56. The fraction of sp³-hybridized carbons (Fsp3) is 0.379. The largest absolute Gasteiger partial charge is 0.492 e. The zero-order valence-electron chi connectivity index (χ0n) is 23.1. The predicted octanol–water partition coefficient (Wildman–Crippen LogP) is 2.62. The topological polar surface area (TPSA) is 146 Å². The Kier molecular flexibility index (Phi) is 11.4. The van der Waals surface area contributed by atoms with Crippen LogP contribution in [0.4, 0.5) is 11.6 Å². The zero-order valence-corrected chi connectivity index (χ0v) is 23.1. The molecule has 0 radical (unpaired) electrons. The fourth-order valence-electron chi connectivity index (χ4n) is 3.66. The maximum atomic E-state index is 12.4. The molecule has 40 heavy (non-hydrogen) atoms. The van der Waals surface area contributed by atoms with Gasteiger partial charge in [-0.1, -0.05) is 12.1 Å². The number of carbonyl (C=O) groups is 2. The van der Waals surface area contributed by atoms with Crippen LogP contribution in [0.25, 0.3) is 11.1 Å². The number of nitrogens with one attached hydrogen (secondary N) is 2. The SMILES string of the molecule is CC(C)(C)OC(=O)CNC(=O)c1ccc(-c2cnc(Nc3ccc(OCCN(CCO)CCO)cc3)nc2)cc1. The molecule has 3 rings (SSSR count). The van der Waals surface area contributed by atoms with Crippen molar-refractivity contribution in [2.75, 3.05) is 51.3 Å². The smallest absolute Gasteiger partial charge is 0.325 e. The molecule has 1 aromatic heterocycles. The summed E-state index contributed by atoms with van der Waals surface area (Å²) in [6.45, 7) is 7.20. The standard InChI is InChI=1S/C29H37N5O6/c1-29(2,3)40-26(37)20-30-27(38)22-6-4-21(5-7-22)23-18-31-28(32-19-23)33-24-8-10-25(11-9-24)39-17-14-34(12-15-35)13-16-36/h4-11,18-19,35-36H,12-17,20H2,1-3H3,(H,30,38)(H,31,32,33). The number of aliphatic hydroxyl groups excluding tert-OH is 2. The van der Waals surface area contributed by atoms with Gasteiger partial charge in [-0.05, 0) is 62.7 Å². The number of anilines is 2. The average molecular weight is 552 g/mol. The molecular formula is C29H37N5O6. The van der Waals surface area contributed by atoms with Gasteiger partial charge in [0.05, 0.1) is 13.2 Å². The number of hydrogen-bond donors (Lipinski definition) is 4. The molecule has 0 saturated carbocycles. The summed E-state index contributed by atoms with van der Waals surface area (Å²) >= 11 is 0.